The monoisotopic (exact) mass is 253 g/mol. The summed E-state index contributed by atoms with van der Waals surface area (Å²) in [7, 11) is 0. The number of hydrogen-bond acceptors (Lipinski definition) is 3. The molecule has 0 radical (unpaired) electrons. The molecule has 1 aliphatic rings. The van der Waals surface area contributed by atoms with Crippen LogP contribution in [0.15, 0.2) is 29.2 Å². The van der Waals surface area contributed by atoms with E-state index in [4.69, 9.17) is 17.0 Å². The lowest BCUT2D eigenvalue weighted by molar-refractivity contribution is 0.0702. The van der Waals surface area contributed by atoms with Gasteiger partial charge in [0.05, 0.1) is 13.2 Å². The summed E-state index contributed by atoms with van der Waals surface area (Å²) in [6, 6.07) is 8.34. The molecule has 1 saturated heterocycles. The first-order valence-electron chi connectivity index (χ1n) is 5.37. The molecule has 1 aromatic carbocycles. The van der Waals surface area contributed by atoms with E-state index < -0.39 is 0 Å². The molecule has 1 fully saturated rings. The van der Waals surface area contributed by atoms with Gasteiger partial charge >= 0.3 is 0 Å². The van der Waals surface area contributed by atoms with Crippen LogP contribution in [0.25, 0.3) is 0 Å². The van der Waals surface area contributed by atoms with E-state index in [1.54, 1.807) is 11.8 Å². The summed E-state index contributed by atoms with van der Waals surface area (Å²) in [6.45, 7) is 5.52. The lowest BCUT2D eigenvalue weighted by Crippen LogP contribution is -2.38. The molecule has 0 unspecified atom stereocenters. The van der Waals surface area contributed by atoms with Crippen molar-refractivity contribution < 1.29 is 4.74 Å². The highest BCUT2D eigenvalue weighted by atomic mass is 32.2. The molecule has 0 amide bonds. The van der Waals surface area contributed by atoms with Crippen LogP contribution in [0.5, 0.6) is 0 Å². The normalized spacial score (nSPS) is 16.2. The first-order valence-corrected chi connectivity index (χ1v) is 6.60. The van der Waals surface area contributed by atoms with Gasteiger partial charge in [-0.1, -0.05) is 42.2 Å². The maximum atomic E-state index is 5.45. The van der Waals surface area contributed by atoms with Gasteiger partial charge < -0.3 is 9.64 Å². The highest BCUT2D eigenvalue weighted by Gasteiger charge is 2.14. The van der Waals surface area contributed by atoms with Crippen LogP contribution >= 0.6 is 24.0 Å². The molecule has 0 saturated carbocycles. The molecule has 4 heteroatoms. The predicted octanol–water partition coefficient (Wildman–Crippen LogP) is 2.70. The summed E-state index contributed by atoms with van der Waals surface area (Å²) in [5.41, 5.74) is 1.28. The fourth-order valence-corrected chi connectivity index (χ4v) is 2.90. The van der Waals surface area contributed by atoms with Crippen molar-refractivity contribution in [3.05, 3.63) is 29.8 Å². The second-order valence-corrected chi connectivity index (χ2v) is 5.41. The number of morpholine rings is 1. The van der Waals surface area contributed by atoms with Gasteiger partial charge in [0.25, 0.3) is 0 Å². The second kappa shape index (κ2) is 5.66. The Bertz CT molecular complexity index is 375. The summed E-state index contributed by atoms with van der Waals surface area (Å²) in [4.78, 5) is 3.47. The molecule has 16 heavy (non-hydrogen) atoms. The van der Waals surface area contributed by atoms with E-state index in [2.05, 4.69) is 36.1 Å². The van der Waals surface area contributed by atoms with E-state index in [0.717, 1.165) is 30.6 Å². The number of aryl methyl sites for hydroxylation is 1. The Kier molecular flexibility index (Phi) is 4.21. The van der Waals surface area contributed by atoms with Gasteiger partial charge in [0, 0.05) is 18.0 Å². The smallest absolute Gasteiger partial charge is 0.141 e. The fourth-order valence-electron chi connectivity index (χ4n) is 1.58. The zero-order chi connectivity index (χ0) is 11.4. The number of ether oxygens (including phenoxy) is 1. The Balaban J connectivity index is 1.99. The van der Waals surface area contributed by atoms with E-state index in [9.17, 15) is 0 Å². The minimum atomic E-state index is 0.786. The molecule has 1 aliphatic heterocycles. The number of hydrogen-bond donors (Lipinski definition) is 0. The lowest BCUT2D eigenvalue weighted by atomic mass is 10.2. The first kappa shape index (κ1) is 11.9. The van der Waals surface area contributed by atoms with Gasteiger partial charge in [-0.2, -0.15) is 0 Å². The van der Waals surface area contributed by atoms with Gasteiger partial charge in [0.1, 0.15) is 4.32 Å². The fraction of sp³-hybridized carbons (Fsp3) is 0.417. The summed E-state index contributed by atoms with van der Waals surface area (Å²) < 4.78 is 6.27. The summed E-state index contributed by atoms with van der Waals surface area (Å²) >= 11 is 7.13. The second-order valence-electron chi connectivity index (χ2n) is 3.73. The Hall–Kier alpha value is -0.580. The van der Waals surface area contributed by atoms with Crippen LogP contribution < -0.4 is 0 Å². The predicted molar refractivity (Wildman–Crippen MR) is 72.0 cm³/mol. The van der Waals surface area contributed by atoms with Crippen molar-refractivity contribution >= 4 is 28.3 Å². The van der Waals surface area contributed by atoms with E-state index in [1.165, 1.54) is 10.5 Å². The van der Waals surface area contributed by atoms with Crippen molar-refractivity contribution in [1.29, 1.82) is 0 Å². The van der Waals surface area contributed by atoms with Gasteiger partial charge in [0.2, 0.25) is 0 Å². The average Bonchev–Trinajstić information content (AvgIpc) is 2.33. The average molecular weight is 253 g/mol. The lowest BCUT2D eigenvalue weighted by Gasteiger charge is -2.28. The summed E-state index contributed by atoms with van der Waals surface area (Å²) in [6.07, 6.45) is 0. The van der Waals surface area contributed by atoms with E-state index in [-0.39, 0.29) is 0 Å². The number of thiocarbonyl (C=S) groups is 1. The van der Waals surface area contributed by atoms with Crippen molar-refractivity contribution in [3.8, 4) is 0 Å². The number of rotatable bonds is 1. The number of nitrogens with zero attached hydrogens (tertiary/aromatic N) is 1. The quantitative estimate of drug-likeness (QED) is 0.563. The molecule has 0 aliphatic carbocycles. The molecule has 2 nitrogen and oxygen atoms in total. The molecule has 2 rings (SSSR count). The SMILES string of the molecule is Cc1ccccc1SC(=S)N1CCOCC1. The molecule has 0 bridgehead atoms. The van der Waals surface area contributed by atoms with Gasteiger partial charge in [-0.05, 0) is 18.6 Å². The van der Waals surface area contributed by atoms with E-state index >= 15 is 0 Å². The minimum Gasteiger partial charge on any atom is -0.378 e. The Labute approximate surface area is 106 Å². The zero-order valence-corrected chi connectivity index (χ0v) is 10.9. The van der Waals surface area contributed by atoms with Gasteiger partial charge in [-0.15, -0.1) is 0 Å². The van der Waals surface area contributed by atoms with Crippen LogP contribution in [0.1, 0.15) is 5.56 Å². The Morgan fingerprint density at radius 1 is 1.31 bits per heavy atom. The molecular weight excluding hydrogens is 238 g/mol. The van der Waals surface area contributed by atoms with Crippen LogP contribution in [-0.2, 0) is 4.74 Å². The van der Waals surface area contributed by atoms with E-state index in [0.29, 0.717) is 0 Å². The van der Waals surface area contributed by atoms with Crippen LogP contribution in [0.4, 0.5) is 0 Å². The van der Waals surface area contributed by atoms with Gasteiger partial charge in [0.15, 0.2) is 0 Å². The molecule has 0 N–H and O–H groups in total. The van der Waals surface area contributed by atoms with Crippen LogP contribution in [0, 0.1) is 6.92 Å². The third-order valence-corrected chi connectivity index (χ3v) is 4.18. The van der Waals surface area contributed by atoms with Crippen molar-refractivity contribution in [2.75, 3.05) is 26.3 Å². The van der Waals surface area contributed by atoms with Crippen LogP contribution in [0.2, 0.25) is 0 Å². The summed E-state index contributed by atoms with van der Waals surface area (Å²) in [5, 5.41) is 0. The first-order chi connectivity index (χ1) is 7.77. The molecular formula is C12H15NOS2. The molecule has 0 aromatic heterocycles. The largest absolute Gasteiger partial charge is 0.378 e. The highest BCUT2D eigenvalue weighted by Crippen LogP contribution is 2.25. The maximum Gasteiger partial charge on any atom is 0.141 e. The van der Waals surface area contributed by atoms with E-state index in [1.807, 2.05) is 0 Å². The topological polar surface area (TPSA) is 12.5 Å². The van der Waals surface area contributed by atoms with Crippen molar-refractivity contribution in [3.63, 3.8) is 0 Å². The van der Waals surface area contributed by atoms with Crippen molar-refractivity contribution in [2.45, 2.75) is 11.8 Å². The number of benzene rings is 1. The number of thioether (sulfide) groups is 1. The maximum absolute atomic E-state index is 5.45. The summed E-state index contributed by atoms with van der Waals surface area (Å²) in [5.74, 6) is 0. The third kappa shape index (κ3) is 2.97. The molecule has 1 heterocycles. The highest BCUT2D eigenvalue weighted by molar-refractivity contribution is 8.23. The van der Waals surface area contributed by atoms with Crippen LogP contribution in [-0.4, -0.2) is 35.5 Å². The molecule has 0 spiro atoms. The molecule has 86 valence electrons. The van der Waals surface area contributed by atoms with Gasteiger partial charge in [-0.25, -0.2) is 0 Å². The standard InChI is InChI=1S/C12H15NOS2/c1-10-4-2-3-5-11(10)16-12(15)13-6-8-14-9-7-13/h2-5H,6-9H2,1H3. The third-order valence-electron chi connectivity index (χ3n) is 2.56. The zero-order valence-electron chi connectivity index (χ0n) is 9.31. The molecule has 1 aromatic rings. The van der Waals surface area contributed by atoms with Crippen molar-refractivity contribution in [1.82, 2.24) is 4.90 Å². The Morgan fingerprint density at radius 3 is 2.69 bits per heavy atom. The molecule has 0 atom stereocenters. The van der Waals surface area contributed by atoms with Crippen molar-refractivity contribution in [2.24, 2.45) is 0 Å². The Morgan fingerprint density at radius 2 is 2.00 bits per heavy atom. The van der Waals surface area contributed by atoms with Gasteiger partial charge in [-0.3, -0.25) is 0 Å². The van der Waals surface area contributed by atoms with Crippen LogP contribution in [0.3, 0.4) is 0 Å². The minimum absolute atomic E-state index is 0.786.